The number of fused-ring (bicyclic) bond motifs is 4. The zero-order valence-corrected chi connectivity index (χ0v) is 30.5. The minimum absolute atomic E-state index is 0.802. The van der Waals surface area contributed by atoms with E-state index in [2.05, 4.69) is 206 Å². The van der Waals surface area contributed by atoms with Gasteiger partial charge in [-0.25, -0.2) is 9.97 Å². The summed E-state index contributed by atoms with van der Waals surface area (Å²) in [7, 11) is 0. The second kappa shape index (κ2) is 13.7. The van der Waals surface area contributed by atoms with Crippen LogP contribution in [-0.2, 0) is 6.42 Å². The number of benzene rings is 8. The average Bonchev–Trinajstić information content (AvgIpc) is 3.65. The molecule has 0 amide bonds. The first-order valence-electron chi connectivity index (χ1n) is 19.0. The Morgan fingerprint density at radius 2 is 0.982 bits per heavy atom. The van der Waals surface area contributed by atoms with Crippen molar-refractivity contribution in [2.24, 2.45) is 0 Å². The van der Waals surface area contributed by atoms with E-state index in [1.807, 2.05) is 0 Å². The molecule has 0 spiro atoms. The second-order valence-electron chi connectivity index (χ2n) is 14.1. The lowest BCUT2D eigenvalue weighted by Gasteiger charge is -2.17. The Morgan fingerprint density at radius 3 is 1.76 bits per heavy atom. The molecular weight excluding hydrogens is 667 g/mol. The molecule has 2 heterocycles. The summed E-state index contributed by atoms with van der Waals surface area (Å²) in [4.78, 5) is 10.5. The van der Waals surface area contributed by atoms with Crippen molar-refractivity contribution in [1.29, 1.82) is 0 Å². The van der Waals surface area contributed by atoms with Crippen LogP contribution in [0.3, 0.4) is 0 Å². The van der Waals surface area contributed by atoms with Crippen LogP contribution in [0.2, 0.25) is 0 Å². The topological polar surface area (TPSA) is 30.7 Å². The van der Waals surface area contributed by atoms with Gasteiger partial charge < -0.3 is 0 Å². The van der Waals surface area contributed by atoms with Crippen LogP contribution >= 0.6 is 0 Å². The lowest BCUT2D eigenvalue weighted by atomic mass is 9.91. The minimum Gasteiger partial charge on any atom is -0.296 e. The number of imidazole rings is 1. The number of hydrogen-bond donors (Lipinski definition) is 0. The van der Waals surface area contributed by atoms with Gasteiger partial charge in [-0.2, -0.15) is 0 Å². The van der Waals surface area contributed by atoms with E-state index < -0.39 is 0 Å². The number of rotatable bonds is 7. The number of nitrogens with zero attached hydrogens (tertiary/aromatic N) is 3. The van der Waals surface area contributed by atoms with Crippen molar-refractivity contribution in [2.45, 2.75) is 13.3 Å². The van der Waals surface area contributed by atoms with Crippen molar-refractivity contribution in [3.63, 3.8) is 0 Å². The molecule has 10 aromatic rings. The summed E-state index contributed by atoms with van der Waals surface area (Å²) in [6, 6.07) is 69.6. The first-order valence-corrected chi connectivity index (χ1v) is 19.0. The van der Waals surface area contributed by atoms with E-state index >= 15 is 0 Å². The van der Waals surface area contributed by atoms with Crippen LogP contribution in [0.4, 0.5) is 0 Å². The fourth-order valence-corrected chi connectivity index (χ4v) is 8.05. The van der Waals surface area contributed by atoms with Gasteiger partial charge in [-0.15, -0.1) is 0 Å². The Balaban J connectivity index is 1.25. The Labute approximate surface area is 320 Å². The van der Waals surface area contributed by atoms with E-state index in [1.165, 1.54) is 38.2 Å². The lowest BCUT2D eigenvalue weighted by Crippen LogP contribution is -2.02. The molecule has 0 N–H and O–H groups in total. The molecule has 0 aliphatic carbocycles. The van der Waals surface area contributed by atoms with Gasteiger partial charge in [0, 0.05) is 23.2 Å². The molecular formula is C52H37N3. The molecule has 0 saturated heterocycles. The zero-order valence-electron chi connectivity index (χ0n) is 30.5. The van der Waals surface area contributed by atoms with E-state index in [1.54, 1.807) is 0 Å². The molecule has 2 aromatic heterocycles. The molecule has 8 aromatic carbocycles. The molecule has 0 radical (unpaired) electrons. The SMILES string of the molecule is CCc1nc2ccccc2n1-c1cc(-c2cc(-c3cccc(-c4ccccc4)c3)cc(-c3ccccc3)n2)cc(-c2cc3ccccc3c3ccccc23)c1. The van der Waals surface area contributed by atoms with Crippen molar-refractivity contribution < 1.29 is 0 Å². The van der Waals surface area contributed by atoms with Gasteiger partial charge in [-0.3, -0.25) is 4.57 Å². The number of aryl methyl sites for hydroxylation is 1. The smallest absolute Gasteiger partial charge is 0.114 e. The van der Waals surface area contributed by atoms with Crippen LogP contribution in [0.25, 0.3) is 94.2 Å². The molecule has 0 bridgehead atoms. The standard InChI is InChI=1S/C52H37N3/c1-2-52-54-48-26-13-14-27-51(48)55(52)43-30-41(47-32-39-20-9-10-23-44(39)45-24-11-12-25-46(45)47)29-42(31-43)50-34-40(33-49(53-50)36-18-7-4-8-19-36)38-22-15-21-37(28-38)35-16-5-3-6-17-35/h3-34H,2H2,1H3. The van der Waals surface area contributed by atoms with Gasteiger partial charge in [-0.1, -0.05) is 146 Å². The van der Waals surface area contributed by atoms with Crippen LogP contribution in [0, 0.1) is 0 Å². The first-order chi connectivity index (χ1) is 27.2. The first kappa shape index (κ1) is 32.5. The monoisotopic (exact) mass is 703 g/mol. The number of para-hydroxylation sites is 2. The zero-order chi connectivity index (χ0) is 36.7. The molecule has 0 saturated carbocycles. The maximum Gasteiger partial charge on any atom is 0.114 e. The van der Waals surface area contributed by atoms with E-state index in [-0.39, 0.29) is 0 Å². The fraction of sp³-hybridized carbons (Fsp3) is 0.0385. The largest absolute Gasteiger partial charge is 0.296 e. The van der Waals surface area contributed by atoms with Crippen LogP contribution < -0.4 is 0 Å². The van der Waals surface area contributed by atoms with E-state index in [0.717, 1.165) is 68.2 Å². The molecule has 3 nitrogen and oxygen atoms in total. The van der Waals surface area contributed by atoms with Crippen LogP contribution in [0.15, 0.2) is 194 Å². The van der Waals surface area contributed by atoms with Gasteiger partial charge >= 0.3 is 0 Å². The number of pyridine rings is 1. The van der Waals surface area contributed by atoms with Gasteiger partial charge in [0.1, 0.15) is 5.82 Å². The summed E-state index contributed by atoms with van der Waals surface area (Å²) in [5.41, 5.74) is 14.1. The molecule has 3 heteroatoms. The van der Waals surface area contributed by atoms with Gasteiger partial charge in [0.2, 0.25) is 0 Å². The number of aromatic nitrogens is 3. The predicted octanol–water partition coefficient (Wildman–Crippen LogP) is 13.6. The molecule has 0 fully saturated rings. The summed E-state index contributed by atoms with van der Waals surface area (Å²) < 4.78 is 2.33. The summed E-state index contributed by atoms with van der Waals surface area (Å²) >= 11 is 0. The molecule has 0 atom stereocenters. The van der Waals surface area contributed by atoms with E-state index in [9.17, 15) is 0 Å². The summed E-state index contributed by atoms with van der Waals surface area (Å²) in [5, 5.41) is 4.94. The maximum atomic E-state index is 5.43. The van der Waals surface area contributed by atoms with Gasteiger partial charge in [0.15, 0.2) is 0 Å². The third kappa shape index (κ3) is 5.97. The molecule has 0 unspecified atom stereocenters. The van der Waals surface area contributed by atoms with Gasteiger partial charge in [-0.05, 0) is 110 Å². The summed E-state index contributed by atoms with van der Waals surface area (Å²) in [6.45, 7) is 2.18. The van der Waals surface area contributed by atoms with Crippen LogP contribution in [-0.4, -0.2) is 14.5 Å². The molecule has 260 valence electrons. The van der Waals surface area contributed by atoms with Gasteiger partial charge in [0.05, 0.1) is 22.4 Å². The third-order valence-corrected chi connectivity index (χ3v) is 10.7. The Morgan fingerprint density at radius 1 is 0.400 bits per heavy atom. The Kier molecular flexibility index (Phi) is 8.11. The Bertz CT molecular complexity index is 3010. The van der Waals surface area contributed by atoms with Crippen molar-refractivity contribution in [1.82, 2.24) is 14.5 Å². The summed E-state index contributed by atoms with van der Waals surface area (Å²) in [5.74, 6) is 1.03. The highest BCUT2D eigenvalue weighted by Gasteiger charge is 2.18. The normalized spacial score (nSPS) is 11.4. The fourth-order valence-electron chi connectivity index (χ4n) is 8.05. The van der Waals surface area contributed by atoms with Gasteiger partial charge in [0.25, 0.3) is 0 Å². The highest BCUT2D eigenvalue weighted by atomic mass is 15.1. The molecule has 0 aliphatic rings. The minimum atomic E-state index is 0.802. The van der Waals surface area contributed by atoms with Crippen LogP contribution in [0.1, 0.15) is 12.7 Å². The predicted molar refractivity (Wildman–Crippen MR) is 230 cm³/mol. The Hall–Kier alpha value is -7.10. The van der Waals surface area contributed by atoms with Crippen LogP contribution in [0.5, 0.6) is 0 Å². The molecule has 0 aliphatic heterocycles. The molecule has 55 heavy (non-hydrogen) atoms. The lowest BCUT2D eigenvalue weighted by molar-refractivity contribution is 0.908. The quantitative estimate of drug-likeness (QED) is 0.155. The highest BCUT2D eigenvalue weighted by molar-refractivity contribution is 6.14. The van der Waals surface area contributed by atoms with Crippen molar-refractivity contribution in [3.8, 4) is 61.6 Å². The maximum absolute atomic E-state index is 5.43. The van der Waals surface area contributed by atoms with Crippen molar-refractivity contribution in [3.05, 3.63) is 200 Å². The average molecular weight is 704 g/mol. The number of hydrogen-bond acceptors (Lipinski definition) is 2. The van der Waals surface area contributed by atoms with Crippen molar-refractivity contribution >= 4 is 32.6 Å². The highest BCUT2D eigenvalue weighted by Crippen LogP contribution is 2.40. The van der Waals surface area contributed by atoms with E-state index in [4.69, 9.17) is 9.97 Å². The molecule has 10 rings (SSSR count). The van der Waals surface area contributed by atoms with Crippen molar-refractivity contribution in [2.75, 3.05) is 0 Å². The second-order valence-corrected chi connectivity index (χ2v) is 14.1. The van der Waals surface area contributed by atoms with E-state index in [0.29, 0.717) is 0 Å². The summed E-state index contributed by atoms with van der Waals surface area (Å²) in [6.07, 6.45) is 0.802. The third-order valence-electron chi connectivity index (χ3n) is 10.7.